The first-order chi connectivity index (χ1) is 11.6. The molecule has 2 aromatic rings. The van der Waals surface area contributed by atoms with Gasteiger partial charge in [0.25, 0.3) is 11.8 Å². The summed E-state index contributed by atoms with van der Waals surface area (Å²) in [5.41, 5.74) is 6.08. The molecule has 0 saturated heterocycles. The second-order valence-electron chi connectivity index (χ2n) is 4.76. The first kappa shape index (κ1) is 17.0. The Hall–Kier alpha value is -3.41. The van der Waals surface area contributed by atoms with E-state index in [1.165, 1.54) is 37.5 Å². The van der Waals surface area contributed by atoms with Crippen molar-refractivity contribution >= 4 is 23.9 Å². The van der Waals surface area contributed by atoms with Gasteiger partial charge in [0, 0.05) is 11.6 Å². The van der Waals surface area contributed by atoms with Crippen molar-refractivity contribution in [2.45, 2.75) is 0 Å². The average molecular weight is 324 g/mol. The van der Waals surface area contributed by atoms with Crippen LogP contribution < -0.4 is 10.9 Å². The van der Waals surface area contributed by atoms with Crippen molar-refractivity contribution in [1.82, 2.24) is 10.9 Å². The molecular weight excluding hydrogens is 308 g/mol. The largest absolute Gasteiger partial charge is 0.465 e. The highest BCUT2D eigenvalue weighted by molar-refractivity contribution is 5.98. The molecule has 0 fully saturated rings. The monoisotopic (exact) mass is 324 g/mol. The molecule has 0 radical (unpaired) electrons. The van der Waals surface area contributed by atoms with E-state index in [0.29, 0.717) is 11.1 Å². The van der Waals surface area contributed by atoms with E-state index in [1.807, 2.05) is 30.3 Å². The molecule has 0 atom stereocenters. The molecule has 0 spiro atoms. The zero-order valence-corrected chi connectivity index (χ0v) is 13.0. The number of carbonyl (C=O) groups excluding carboxylic acids is 3. The Morgan fingerprint density at radius 2 is 1.50 bits per heavy atom. The maximum Gasteiger partial charge on any atom is 0.337 e. The summed E-state index contributed by atoms with van der Waals surface area (Å²) in [6.07, 6.45) is 2.95. The van der Waals surface area contributed by atoms with Crippen LogP contribution in [-0.2, 0) is 9.53 Å². The van der Waals surface area contributed by atoms with Crippen molar-refractivity contribution < 1.29 is 19.1 Å². The number of carbonyl (C=O) groups is 3. The van der Waals surface area contributed by atoms with Crippen LogP contribution in [0, 0.1) is 0 Å². The summed E-state index contributed by atoms with van der Waals surface area (Å²) >= 11 is 0. The first-order valence-electron chi connectivity index (χ1n) is 7.12. The Kier molecular flexibility index (Phi) is 5.85. The summed E-state index contributed by atoms with van der Waals surface area (Å²) in [7, 11) is 1.28. The van der Waals surface area contributed by atoms with Crippen LogP contribution in [0.15, 0.2) is 60.7 Å². The summed E-state index contributed by atoms with van der Waals surface area (Å²) in [4.78, 5) is 34.9. The van der Waals surface area contributed by atoms with Crippen LogP contribution >= 0.6 is 0 Å². The van der Waals surface area contributed by atoms with E-state index in [2.05, 4.69) is 15.6 Å². The average Bonchev–Trinajstić information content (AvgIpc) is 2.64. The SMILES string of the molecule is COC(=O)c1ccc(C(=O)NNC(=O)/C=C/c2ccccc2)cc1. The molecule has 0 heterocycles. The van der Waals surface area contributed by atoms with Gasteiger partial charge in [0.1, 0.15) is 0 Å². The van der Waals surface area contributed by atoms with Gasteiger partial charge in [-0.1, -0.05) is 30.3 Å². The molecule has 122 valence electrons. The van der Waals surface area contributed by atoms with Crippen LogP contribution in [0.25, 0.3) is 6.08 Å². The minimum absolute atomic E-state index is 0.301. The molecule has 2 aromatic carbocycles. The number of hydrazine groups is 1. The summed E-state index contributed by atoms with van der Waals surface area (Å²) in [5.74, 6) is -1.44. The molecule has 6 nitrogen and oxygen atoms in total. The van der Waals surface area contributed by atoms with Gasteiger partial charge < -0.3 is 4.74 Å². The standard InChI is InChI=1S/C18H16N2O4/c1-24-18(23)15-10-8-14(9-11-15)17(22)20-19-16(21)12-7-13-5-3-2-4-6-13/h2-12H,1H3,(H,19,21)(H,20,22)/b12-7+. The van der Waals surface area contributed by atoms with Crippen LogP contribution in [0.2, 0.25) is 0 Å². The summed E-state index contributed by atoms with van der Waals surface area (Å²) in [5, 5.41) is 0. The van der Waals surface area contributed by atoms with E-state index in [0.717, 1.165) is 5.56 Å². The van der Waals surface area contributed by atoms with Crippen LogP contribution in [0.5, 0.6) is 0 Å². The van der Waals surface area contributed by atoms with Gasteiger partial charge in [-0.15, -0.1) is 0 Å². The number of benzene rings is 2. The van der Waals surface area contributed by atoms with Gasteiger partial charge in [0.15, 0.2) is 0 Å². The molecule has 2 rings (SSSR count). The third-order valence-electron chi connectivity index (χ3n) is 3.09. The molecule has 2 amide bonds. The highest BCUT2D eigenvalue weighted by Crippen LogP contribution is 2.05. The zero-order valence-electron chi connectivity index (χ0n) is 13.0. The van der Waals surface area contributed by atoms with E-state index >= 15 is 0 Å². The van der Waals surface area contributed by atoms with Gasteiger partial charge in [-0.2, -0.15) is 0 Å². The lowest BCUT2D eigenvalue weighted by molar-refractivity contribution is -0.117. The zero-order chi connectivity index (χ0) is 17.4. The number of methoxy groups -OCH3 is 1. The van der Waals surface area contributed by atoms with Gasteiger partial charge in [0.05, 0.1) is 12.7 Å². The summed E-state index contributed by atoms with van der Waals surface area (Å²) < 4.78 is 4.57. The fourth-order valence-corrected chi connectivity index (χ4v) is 1.84. The van der Waals surface area contributed by atoms with Gasteiger partial charge >= 0.3 is 5.97 Å². The smallest absolute Gasteiger partial charge is 0.337 e. The van der Waals surface area contributed by atoms with E-state index in [1.54, 1.807) is 6.08 Å². The minimum atomic E-state index is -0.493. The Morgan fingerprint density at radius 3 is 2.12 bits per heavy atom. The number of amides is 2. The highest BCUT2D eigenvalue weighted by Gasteiger charge is 2.09. The second kappa shape index (κ2) is 8.28. The lowest BCUT2D eigenvalue weighted by atomic mass is 10.1. The summed E-state index contributed by atoms with van der Waals surface area (Å²) in [6, 6.07) is 15.2. The summed E-state index contributed by atoms with van der Waals surface area (Å²) in [6.45, 7) is 0. The highest BCUT2D eigenvalue weighted by atomic mass is 16.5. The quantitative estimate of drug-likeness (QED) is 0.511. The van der Waals surface area contributed by atoms with Crippen molar-refractivity contribution in [3.05, 3.63) is 77.4 Å². The van der Waals surface area contributed by atoms with E-state index < -0.39 is 17.8 Å². The number of rotatable bonds is 4. The van der Waals surface area contributed by atoms with E-state index in [4.69, 9.17) is 0 Å². The predicted molar refractivity (Wildman–Crippen MR) is 88.9 cm³/mol. The number of hydrogen-bond acceptors (Lipinski definition) is 4. The fourth-order valence-electron chi connectivity index (χ4n) is 1.84. The van der Waals surface area contributed by atoms with Crippen molar-refractivity contribution in [3.63, 3.8) is 0 Å². The molecular formula is C18H16N2O4. The molecule has 0 saturated carbocycles. The Balaban J connectivity index is 1.87. The molecule has 6 heteroatoms. The topological polar surface area (TPSA) is 84.5 Å². The minimum Gasteiger partial charge on any atom is -0.465 e. The molecule has 0 aliphatic rings. The van der Waals surface area contributed by atoms with Crippen molar-refractivity contribution in [2.24, 2.45) is 0 Å². The van der Waals surface area contributed by atoms with Gasteiger partial charge in [-0.3, -0.25) is 20.4 Å². The lowest BCUT2D eigenvalue weighted by Gasteiger charge is -2.06. The van der Waals surface area contributed by atoms with Crippen LogP contribution in [0.3, 0.4) is 0 Å². The maximum absolute atomic E-state index is 11.9. The second-order valence-corrected chi connectivity index (χ2v) is 4.76. The number of hydrogen-bond donors (Lipinski definition) is 2. The Labute approximate surface area is 139 Å². The third kappa shape index (κ3) is 4.81. The molecule has 24 heavy (non-hydrogen) atoms. The number of esters is 1. The van der Waals surface area contributed by atoms with Crippen LogP contribution in [0.4, 0.5) is 0 Å². The third-order valence-corrected chi connectivity index (χ3v) is 3.09. The number of nitrogens with one attached hydrogen (secondary N) is 2. The van der Waals surface area contributed by atoms with Gasteiger partial charge in [0.2, 0.25) is 0 Å². The van der Waals surface area contributed by atoms with Crippen molar-refractivity contribution in [2.75, 3.05) is 7.11 Å². The van der Waals surface area contributed by atoms with Crippen molar-refractivity contribution in [1.29, 1.82) is 0 Å². The van der Waals surface area contributed by atoms with E-state index in [-0.39, 0.29) is 0 Å². The van der Waals surface area contributed by atoms with Crippen molar-refractivity contribution in [3.8, 4) is 0 Å². The normalized spacial score (nSPS) is 10.2. The molecule has 2 N–H and O–H groups in total. The van der Waals surface area contributed by atoms with Crippen LogP contribution in [0.1, 0.15) is 26.3 Å². The molecule has 0 unspecified atom stereocenters. The Bertz CT molecular complexity index is 752. The van der Waals surface area contributed by atoms with Gasteiger partial charge in [-0.25, -0.2) is 4.79 Å². The Morgan fingerprint density at radius 1 is 0.875 bits per heavy atom. The fraction of sp³-hybridized carbons (Fsp3) is 0.0556. The van der Waals surface area contributed by atoms with Gasteiger partial charge in [-0.05, 0) is 35.9 Å². The number of ether oxygens (including phenoxy) is 1. The first-order valence-corrected chi connectivity index (χ1v) is 7.12. The van der Waals surface area contributed by atoms with Crippen LogP contribution in [-0.4, -0.2) is 24.9 Å². The molecule has 0 bridgehead atoms. The molecule has 0 aromatic heterocycles. The lowest BCUT2D eigenvalue weighted by Crippen LogP contribution is -2.40. The maximum atomic E-state index is 11.9. The molecule has 0 aliphatic heterocycles. The van der Waals surface area contributed by atoms with E-state index in [9.17, 15) is 14.4 Å². The predicted octanol–water partition coefficient (Wildman–Crippen LogP) is 1.95. The molecule has 0 aliphatic carbocycles.